The van der Waals surface area contributed by atoms with Gasteiger partial charge >= 0.3 is 0 Å². The number of unbranched alkanes of at least 4 members (excludes halogenated alkanes) is 1. The second kappa shape index (κ2) is 27.0. The van der Waals surface area contributed by atoms with E-state index in [4.69, 9.17) is 11.6 Å². The lowest BCUT2D eigenvalue weighted by molar-refractivity contribution is 0.324. The first kappa shape index (κ1) is 60.3. The van der Waals surface area contributed by atoms with E-state index >= 15 is 0 Å². The lowest BCUT2D eigenvalue weighted by atomic mass is 9.77. The van der Waals surface area contributed by atoms with Crippen LogP contribution in [-0.4, -0.2) is 4.98 Å². The highest BCUT2D eigenvalue weighted by atomic mass is 14.7. The van der Waals surface area contributed by atoms with Gasteiger partial charge in [0.25, 0.3) is 0 Å². The van der Waals surface area contributed by atoms with Crippen LogP contribution in [0.5, 0.6) is 0 Å². The van der Waals surface area contributed by atoms with Gasteiger partial charge in [0.1, 0.15) is 0 Å². The van der Waals surface area contributed by atoms with Crippen LogP contribution >= 0.6 is 0 Å². The zero-order valence-corrected chi connectivity index (χ0v) is 50.6. The molecule has 0 saturated heterocycles. The number of nitrogens with zero attached hydrogens (tertiary/aromatic N) is 1. The average Bonchev–Trinajstić information content (AvgIpc) is 3.38. The molecule has 0 radical (unpaired) electrons. The van der Waals surface area contributed by atoms with Crippen LogP contribution in [0.2, 0.25) is 0 Å². The van der Waals surface area contributed by atoms with Gasteiger partial charge < -0.3 is 0 Å². The van der Waals surface area contributed by atoms with Gasteiger partial charge in [0.2, 0.25) is 0 Å². The molecule has 4 aromatic carbocycles. The van der Waals surface area contributed by atoms with Gasteiger partial charge in [-0.15, -0.1) is 0 Å². The third kappa shape index (κ3) is 15.8. The summed E-state index contributed by atoms with van der Waals surface area (Å²) in [6.45, 7) is 48.4. The van der Waals surface area contributed by atoms with Gasteiger partial charge in [-0.2, -0.15) is 0 Å². The molecular formula is C74H99N. The van der Waals surface area contributed by atoms with Gasteiger partial charge in [-0.3, -0.25) is 0 Å². The van der Waals surface area contributed by atoms with Crippen molar-refractivity contribution in [3.8, 4) is 22.4 Å². The van der Waals surface area contributed by atoms with Crippen LogP contribution in [-0.2, 0) is 0 Å². The second-order valence-corrected chi connectivity index (χ2v) is 24.8. The van der Waals surface area contributed by atoms with E-state index in [9.17, 15) is 0 Å². The number of aromatic nitrogens is 1. The van der Waals surface area contributed by atoms with Crippen LogP contribution in [0, 0.1) is 22.7 Å². The molecular weight excluding hydrogens is 903 g/mol. The third-order valence-corrected chi connectivity index (χ3v) is 16.4. The van der Waals surface area contributed by atoms with E-state index in [1.165, 1.54) is 110 Å². The molecule has 0 N–H and O–H groups in total. The third-order valence-electron chi connectivity index (χ3n) is 16.4. The van der Waals surface area contributed by atoms with Crippen LogP contribution in [0.25, 0.3) is 55.6 Å². The Bertz CT molecular complexity index is 2900. The molecule has 0 saturated carbocycles. The number of hydrogen-bond acceptors (Lipinski definition) is 1. The van der Waals surface area contributed by atoms with Gasteiger partial charge in [-0.25, -0.2) is 4.98 Å². The predicted molar refractivity (Wildman–Crippen MR) is 338 cm³/mol. The fourth-order valence-corrected chi connectivity index (χ4v) is 10.4. The number of rotatable bonds is 22. The first-order chi connectivity index (χ1) is 35.4. The Morgan fingerprint density at radius 2 is 1.21 bits per heavy atom. The summed E-state index contributed by atoms with van der Waals surface area (Å²) in [5, 5.41) is 1.18. The van der Waals surface area contributed by atoms with E-state index in [-0.39, 0.29) is 10.8 Å². The average molecular weight is 1000 g/mol. The van der Waals surface area contributed by atoms with Crippen molar-refractivity contribution in [1.29, 1.82) is 0 Å². The van der Waals surface area contributed by atoms with Crippen molar-refractivity contribution in [2.45, 2.75) is 194 Å². The molecule has 75 heavy (non-hydrogen) atoms. The summed E-state index contributed by atoms with van der Waals surface area (Å²) in [7, 11) is 0. The van der Waals surface area contributed by atoms with Crippen LogP contribution in [0.3, 0.4) is 0 Å². The summed E-state index contributed by atoms with van der Waals surface area (Å²) in [5.41, 5.74) is 22.2. The highest BCUT2D eigenvalue weighted by Crippen LogP contribution is 2.42. The quantitative estimate of drug-likeness (QED) is 0.0630. The largest absolute Gasteiger partial charge is 0.246 e. The second-order valence-electron chi connectivity index (χ2n) is 24.8. The highest BCUT2D eigenvalue weighted by molar-refractivity contribution is 6.03. The molecule has 0 fully saturated rings. The Morgan fingerprint density at radius 1 is 0.627 bits per heavy atom. The minimum atomic E-state index is 0.0632. The van der Waals surface area contributed by atoms with E-state index in [2.05, 4.69) is 259 Å². The first-order valence-electron chi connectivity index (χ1n) is 29.0. The van der Waals surface area contributed by atoms with Crippen molar-refractivity contribution in [2.24, 2.45) is 22.7 Å². The molecule has 0 bridgehead atoms. The molecule has 1 nitrogen and oxygen atoms in total. The van der Waals surface area contributed by atoms with Crippen molar-refractivity contribution in [1.82, 2.24) is 4.98 Å². The van der Waals surface area contributed by atoms with Crippen LogP contribution < -0.4 is 0 Å². The van der Waals surface area contributed by atoms with Gasteiger partial charge in [0.05, 0.1) is 11.2 Å². The van der Waals surface area contributed by atoms with Gasteiger partial charge in [0.15, 0.2) is 0 Å². The van der Waals surface area contributed by atoms with E-state index in [0.29, 0.717) is 23.7 Å². The molecule has 1 heteroatoms. The van der Waals surface area contributed by atoms with E-state index < -0.39 is 0 Å². The van der Waals surface area contributed by atoms with Gasteiger partial charge in [-0.1, -0.05) is 270 Å². The first-order valence-corrected chi connectivity index (χ1v) is 29.0. The number of pyridine rings is 1. The molecule has 5 rings (SSSR count). The zero-order valence-electron chi connectivity index (χ0n) is 50.6. The minimum Gasteiger partial charge on any atom is -0.246 e. The maximum absolute atomic E-state index is 5.86. The molecule has 5 aromatic rings. The van der Waals surface area contributed by atoms with E-state index in [0.717, 1.165) is 46.7 Å². The van der Waals surface area contributed by atoms with Crippen molar-refractivity contribution in [3.63, 3.8) is 0 Å². The fraction of sp³-hybridized carbons (Fsp3) is 0.446. The molecule has 0 spiro atoms. The normalized spacial score (nSPS) is 14.9. The standard InChI is InChI=1S/C74H99N/c1-21-25-27-57(23-3)46-54(12)56(14)68-47-63(41-43-65(68)53(11)30-42-64(24-4)74(18,19)20)51(9)29-32-60(26-22-2)67-45-44-66(52(10)28-31-55(13)73(15,16)17)70-48-69(61-37-33-58(34-38-61)49(5)6)71(75-72(67)70)62-39-35-59(36-40-62)50(7)8/h24,28-45,47-50,54,56-57H,11,21-23,25-27,46H2,1-10,12-20H3/b42-30-,51-29+,52-28+,55-31+,60-32+,64-24?. The van der Waals surface area contributed by atoms with Crippen molar-refractivity contribution < 1.29 is 0 Å². The predicted octanol–water partition coefficient (Wildman–Crippen LogP) is 23.4. The Labute approximate surface area is 459 Å². The summed E-state index contributed by atoms with van der Waals surface area (Å²) in [6.07, 6.45) is 24.5. The molecule has 400 valence electrons. The van der Waals surface area contributed by atoms with Crippen LogP contribution in [0.1, 0.15) is 233 Å². The van der Waals surface area contributed by atoms with E-state index in [1.807, 2.05) is 0 Å². The molecule has 0 aliphatic heterocycles. The molecule has 0 aliphatic carbocycles. The monoisotopic (exact) mass is 1000 g/mol. The SMILES string of the molecule is C=C(/C=C\C(=CC)C(C)(C)C)c1ccc(/C(C)=C/C=C(\CCC)c2ccc(/C(C)=C/C=C(\C)C(C)(C)C)c3cc(-c4ccc(C(C)C)cc4)c(-c4ccc(C(C)C)cc4)nc23)cc1C(C)C(C)CC(CC)CCCC. The Hall–Kier alpha value is -5.53. The topological polar surface area (TPSA) is 12.9 Å². The molecule has 3 unspecified atom stereocenters. The summed E-state index contributed by atoms with van der Waals surface area (Å²) in [6, 6.07) is 32.7. The molecule has 0 aliphatic rings. The Morgan fingerprint density at radius 3 is 1.76 bits per heavy atom. The maximum atomic E-state index is 5.86. The van der Waals surface area contributed by atoms with Gasteiger partial charge in [-0.05, 0) is 154 Å². The highest BCUT2D eigenvalue weighted by Gasteiger charge is 2.24. The zero-order chi connectivity index (χ0) is 55.4. The Balaban J connectivity index is 1.76. The fourth-order valence-electron chi connectivity index (χ4n) is 10.4. The lowest BCUT2D eigenvalue weighted by Gasteiger charge is -2.27. The molecule has 1 aromatic heterocycles. The van der Waals surface area contributed by atoms with Crippen LogP contribution in [0.15, 0.2) is 145 Å². The molecule has 1 heterocycles. The van der Waals surface area contributed by atoms with Crippen molar-refractivity contribution in [2.75, 3.05) is 0 Å². The molecule has 3 atom stereocenters. The summed E-state index contributed by atoms with van der Waals surface area (Å²) >= 11 is 0. The number of hydrogen-bond donors (Lipinski definition) is 0. The number of benzene rings is 4. The summed E-state index contributed by atoms with van der Waals surface area (Å²) < 4.78 is 0. The van der Waals surface area contributed by atoms with Crippen molar-refractivity contribution >= 4 is 33.2 Å². The Kier molecular flexibility index (Phi) is 21.7. The lowest BCUT2D eigenvalue weighted by Crippen LogP contribution is -2.14. The van der Waals surface area contributed by atoms with Gasteiger partial charge in [0, 0.05) is 22.1 Å². The number of allylic oxidation sites excluding steroid dienone is 13. The van der Waals surface area contributed by atoms with Crippen molar-refractivity contribution in [3.05, 3.63) is 184 Å². The maximum Gasteiger partial charge on any atom is 0.0791 e. The minimum absolute atomic E-state index is 0.0632. The summed E-state index contributed by atoms with van der Waals surface area (Å²) in [5.74, 6) is 2.57. The summed E-state index contributed by atoms with van der Waals surface area (Å²) in [4.78, 5) is 5.86. The number of fused-ring (bicyclic) bond motifs is 1. The van der Waals surface area contributed by atoms with E-state index in [1.54, 1.807) is 0 Å². The smallest absolute Gasteiger partial charge is 0.0791 e. The van der Waals surface area contributed by atoms with Crippen LogP contribution in [0.4, 0.5) is 0 Å². The molecule has 0 amide bonds.